The molecule has 0 saturated carbocycles. The molecule has 0 unspecified atom stereocenters. The number of aliphatic hydroxyl groups is 1. The van der Waals surface area contributed by atoms with E-state index >= 15 is 0 Å². The van der Waals surface area contributed by atoms with Gasteiger partial charge in [-0.2, -0.15) is 0 Å². The van der Waals surface area contributed by atoms with Crippen LogP contribution in [0.4, 0.5) is 0 Å². The standard InChI is InChI=1S/C11H14Cl2N2O/c12-9-3-4-11(13)14-10(9)6-15-5-1-2-8(15)7-16/h3-4,8,16H,1-2,5-7H2/t8-/m1/s1. The van der Waals surface area contributed by atoms with Gasteiger partial charge < -0.3 is 5.11 Å². The molecule has 2 heterocycles. The summed E-state index contributed by atoms with van der Waals surface area (Å²) in [5.41, 5.74) is 0.787. The highest BCUT2D eigenvalue weighted by Crippen LogP contribution is 2.23. The van der Waals surface area contributed by atoms with E-state index < -0.39 is 0 Å². The van der Waals surface area contributed by atoms with Gasteiger partial charge in [0.1, 0.15) is 5.15 Å². The van der Waals surface area contributed by atoms with Crippen LogP contribution in [-0.2, 0) is 6.54 Å². The fraction of sp³-hybridized carbons (Fsp3) is 0.545. The van der Waals surface area contributed by atoms with Gasteiger partial charge in [0, 0.05) is 12.6 Å². The summed E-state index contributed by atoms with van der Waals surface area (Å²) in [6, 6.07) is 3.67. The third-order valence-corrected chi connectivity index (χ3v) is 3.50. The molecule has 1 aromatic heterocycles. The minimum Gasteiger partial charge on any atom is -0.395 e. The van der Waals surface area contributed by atoms with Crippen molar-refractivity contribution in [2.75, 3.05) is 13.2 Å². The van der Waals surface area contributed by atoms with Crippen LogP contribution in [0, 0.1) is 0 Å². The van der Waals surface area contributed by atoms with Gasteiger partial charge in [0.2, 0.25) is 0 Å². The lowest BCUT2D eigenvalue weighted by atomic mass is 10.2. The summed E-state index contributed by atoms with van der Waals surface area (Å²) >= 11 is 11.9. The molecule has 0 bridgehead atoms. The van der Waals surface area contributed by atoms with Crippen LogP contribution >= 0.6 is 23.2 Å². The number of nitrogens with zero attached hydrogens (tertiary/aromatic N) is 2. The Morgan fingerprint density at radius 1 is 1.44 bits per heavy atom. The summed E-state index contributed by atoms with van der Waals surface area (Å²) in [6.45, 7) is 1.83. The minimum atomic E-state index is 0.193. The predicted molar refractivity (Wildman–Crippen MR) is 64.8 cm³/mol. The summed E-state index contributed by atoms with van der Waals surface area (Å²) < 4.78 is 0. The zero-order chi connectivity index (χ0) is 11.5. The molecule has 1 fully saturated rings. The molecule has 0 radical (unpaired) electrons. The highest BCUT2D eigenvalue weighted by atomic mass is 35.5. The van der Waals surface area contributed by atoms with Crippen LogP contribution in [0.1, 0.15) is 18.5 Å². The van der Waals surface area contributed by atoms with E-state index in [1.807, 2.05) is 0 Å². The summed E-state index contributed by atoms with van der Waals surface area (Å²) in [4.78, 5) is 6.41. The molecule has 3 nitrogen and oxygen atoms in total. The maximum Gasteiger partial charge on any atom is 0.129 e. The number of hydrogen-bond donors (Lipinski definition) is 1. The molecule has 0 aromatic carbocycles. The number of aromatic nitrogens is 1. The van der Waals surface area contributed by atoms with Crippen LogP contribution in [-0.4, -0.2) is 34.2 Å². The Kier molecular flexibility index (Phi) is 4.03. The second-order valence-electron chi connectivity index (χ2n) is 4.01. The molecule has 0 aliphatic carbocycles. The summed E-state index contributed by atoms with van der Waals surface area (Å²) in [5, 5.41) is 10.3. The molecule has 88 valence electrons. The van der Waals surface area contributed by atoms with E-state index in [9.17, 15) is 5.11 Å². The van der Waals surface area contributed by atoms with Crippen molar-refractivity contribution in [1.82, 2.24) is 9.88 Å². The van der Waals surface area contributed by atoms with Gasteiger partial charge in [0.05, 0.1) is 17.3 Å². The average Bonchev–Trinajstić information content (AvgIpc) is 2.71. The van der Waals surface area contributed by atoms with Crippen molar-refractivity contribution in [2.24, 2.45) is 0 Å². The monoisotopic (exact) mass is 260 g/mol. The van der Waals surface area contributed by atoms with E-state index in [1.165, 1.54) is 0 Å². The molecule has 1 atom stereocenters. The molecule has 1 aromatic rings. The first-order chi connectivity index (χ1) is 7.70. The Hall–Kier alpha value is -0.350. The van der Waals surface area contributed by atoms with Gasteiger partial charge in [-0.3, -0.25) is 4.90 Å². The predicted octanol–water partition coefficient (Wildman–Crippen LogP) is 2.35. The highest BCUT2D eigenvalue weighted by molar-refractivity contribution is 6.32. The van der Waals surface area contributed by atoms with Crippen molar-refractivity contribution in [1.29, 1.82) is 0 Å². The molecule has 1 aliphatic heterocycles. The zero-order valence-corrected chi connectivity index (χ0v) is 10.4. The first-order valence-electron chi connectivity index (χ1n) is 5.36. The van der Waals surface area contributed by atoms with Crippen LogP contribution in [0.3, 0.4) is 0 Å². The largest absolute Gasteiger partial charge is 0.395 e. The van der Waals surface area contributed by atoms with Gasteiger partial charge in [-0.1, -0.05) is 23.2 Å². The fourth-order valence-corrected chi connectivity index (χ4v) is 2.40. The Morgan fingerprint density at radius 3 is 3.00 bits per heavy atom. The molecule has 5 heteroatoms. The quantitative estimate of drug-likeness (QED) is 0.848. The number of aliphatic hydroxyl groups excluding tert-OH is 1. The number of pyridine rings is 1. The average molecular weight is 261 g/mol. The molecule has 16 heavy (non-hydrogen) atoms. The lowest BCUT2D eigenvalue weighted by Gasteiger charge is -2.22. The second kappa shape index (κ2) is 5.32. The molecular formula is C11H14Cl2N2O. The van der Waals surface area contributed by atoms with E-state index in [2.05, 4.69) is 9.88 Å². The van der Waals surface area contributed by atoms with Crippen molar-refractivity contribution in [3.63, 3.8) is 0 Å². The van der Waals surface area contributed by atoms with Crippen LogP contribution < -0.4 is 0 Å². The molecule has 0 spiro atoms. The first kappa shape index (κ1) is 12.1. The minimum absolute atomic E-state index is 0.193. The van der Waals surface area contributed by atoms with Crippen molar-refractivity contribution in [2.45, 2.75) is 25.4 Å². The fourth-order valence-electron chi connectivity index (χ4n) is 2.07. The lowest BCUT2D eigenvalue weighted by Crippen LogP contribution is -2.32. The summed E-state index contributed by atoms with van der Waals surface area (Å²) in [5.74, 6) is 0. The maximum absolute atomic E-state index is 9.22. The topological polar surface area (TPSA) is 36.4 Å². The van der Waals surface area contributed by atoms with Crippen LogP contribution in [0.5, 0.6) is 0 Å². The van der Waals surface area contributed by atoms with Gasteiger partial charge in [-0.25, -0.2) is 4.98 Å². The first-order valence-corrected chi connectivity index (χ1v) is 6.12. The number of likely N-dealkylation sites (tertiary alicyclic amines) is 1. The molecular weight excluding hydrogens is 247 g/mol. The molecule has 2 rings (SSSR count). The Balaban J connectivity index is 2.11. The van der Waals surface area contributed by atoms with E-state index in [4.69, 9.17) is 23.2 Å². The van der Waals surface area contributed by atoms with Gasteiger partial charge in [0.25, 0.3) is 0 Å². The highest BCUT2D eigenvalue weighted by Gasteiger charge is 2.24. The summed E-state index contributed by atoms with van der Waals surface area (Å²) in [6.07, 6.45) is 2.15. The molecule has 1 aliphatic rings. The van der Waals surface area contributed by atoms with E-state index in [-0.39, 0.29) is 12.6 Å². The SMILES string of the molecule is OC[C@H]1CCCN1Cc1nc(Cl)ccc1Cl. The third kappa shape index (κ3) is 2.66. The number of hydrogen-bond acceptors (Lipinski definition) is 3. The maximum atomic E-state index is 9.22. The van der Waals surface area contributed by atoms with Gasteiger partial charge in [0.15, 0.2) is 0 Å². The van der Waals surface area contributed by atoms with Crippen LogP contribution in [0.2, 0.25) is 10.2 Å². The van der Waals surface area contributed by atoms with Crippen molar-refractivity contribution in [3.8, 4) is 0 Å². The van der Waals surface area contributed by atoms with Crippen molar-refractivity contribution < 1.29 is 5.11 Å². The normalized spacial score (nSPS) is 21.6. The molecule has 0 amide bonds. The van der Waals surface area contributed by atoms with Gasteiger partial charge in [-0.15, -0.1) is 0 Å². The number of rotatable bonds is 3. The Bertz CT molecular complexity index is 373. The van der Waals surface area contributed by atoms with Crippen molar-refractivity contribution >= 4 is 23.2 Å². The van der Waals surface area contributed by atoms with Gasteiger partial charge in [-0.05, 0) is 31.5 Å². The second-order valence-corrected chi connectivity index (χ2v) is 4.81. The number of halogens is 2. The van der Waals surface area contributed by atoms with E-state index in [0.717, 1.165) is 25.1 Å². The summed E-state index contributed by atoms with van der Waals surface area (Å²) in [7, 11) is 0. The molecule has 1 saturated heterocycles. The zero-order valence-electron chi connectivity index (χ0n) is 8.87. The van der Waals surface area contributed by atoms with Gasteiger partial charge >= 0.3 is 0 Å². The Morgan fingerprint density at radius 2 is 2.25 bits per heavy atom. The van der Waals surface area contributed by atoms with E-state index in [0.29, 0.717) is 16.7 Å². The van der Waals surface area contributed by atoms with Crippen molar-refractivity contribution in [3.05, 3.63) is 28.0 Å². The third-order valence-electron chi connectivity index (χ3n) is 2.95. The van der Waals surface area contributed by atoms with Crippen LogP contribution in [0.15, 0.2) is 12.1 Å². The molecule has 1 N–H and O–H groups in total. The smallest absolute Gasteiger partial charge is 0.129 e. The Labute approximate surface area is 105 Å². The van der Waals surface area contributed by atoms with Crippen LogP contribution in [0.25, 0.3) is 0 Å². The lowest BCUT2D eigenvalue weighted by molar-refractivity contribution is 0.152. The van der Waals surface area contributed by atoms with E-state index in [1.54, 1.807) is 12.1 Å².